The highest BCUT2D eigenvalue weighted by Crippen LogP contribution is 2.40. The summed E-state index contributed by atoms with van der Waals surface area (Å²) in [4.78, 5) is 65.7. The number of rotatable bonds is 24. The molecule has 7 rings (SSSR count). The molecule has 5 aromatic rings. The van der Waals surface area contributed by atoms with Crippen LogP contribution in [0.5, 0.6) is 5.75 Å². The number of benzene rings is 3. The van der Waals surface area contributed by atoms with Gasteiger partial charge in [-0.1, -0.05) is 82.3 Å². The molecule has 368 valence electrons. The lowest BCUT2D eigenvalue weighted by atomic mass is 9.85. The van der Waals surface area contributed by atoms with Gasteiger partial charge >= 0.3 is 0 Å². The van der Waals surface area contributed by atoms with Gasteiger partial charge in [-0.15, -0.1) is 11.3 Å². The molecular formula is C54H69FN8O5S. The fourth-order valence-electron chi connectivity index (χ4n) is 8.73. The molecule has 0 spiro atoms. The van der Waals surface area contributed by atoms with Crippen LogP contribution in [0.2, 0.25) is 0 Å². The van der Waals surface area contributed by atoms with Crippen molar-refractivity contribution in [3.63, 3.8) is 0 Å². The van der Waals surface area contributed by atoms with E-state index in [-0.39, 0.29) is 37.1 Å². The van der Waals surface area contributed by atoms with Gasteiger partial charge in [-0.25, -0.2) is 14.8 Å². The number of halogens is 1. The quantitative estimate of drug-likeness (QED) is 0.0234. The number of aromatic amines is 1. The summed E-state index contributed by atoms with van der Waals surface area (Å²) in [5.74, 6) is -0.907. The van der Waals surface area contributed by atoms with Crippen LogP contribution >= 0.6 is 11.3 Å². The third kappa shape index (κ3) is 13.9. The summed E-state index contributed by atoms with van der Waals surface area (Å²) < 4.78 is 21.2. The zero-order chi connectivity index (χ0) is 49.0. The van der Waals surface area contributed by atoms with E-state index >= 15 is 0 Å². The number of hydrogen-bond donors (Lipinski definition) is 5. The number of hydrogen-bond acceptors (Lipinski definition) is 9. The molecule has 15 heteroatoms. The lowest BCUT2D eigenvalue weighted by molar-refractivity contribution is -0.144. The number of aromatic nitrogens is 2. The predicted molar refractivity (Wildman–Crippen MR) is 272 cm³/mol. The van der Waals surface area contributed by atoms with E-state index in [0.29, 0.717) is 38.3 Å². The average Bonchev–Trinajstić information content (AvgIpc) is 3.66. The standard InChI is InChI=1S/C54H69FN8O5S/c1-6-27-59-61-47(64)23-20-38-16-18-39(19-17-38)35-62(30-24-41-33-56-44-14-9-8-13-43(41)44)28-10-7-11-31-68-46-32-40(48-37(2)58-36-69-48)21-22-42(46)34-57-50(65)45-15-12-29-63(45)51(66)49(53(3,4)5)60-52(67)54(55)25-26-54/h8-9,13-14,16-23,32-33,36,45,49,56,59H,6-7,10-12,15,24-31,34-35H2,1-5H3,(H,57,65)(H,60,67)(H,61,64)/b23-20+. The molecule has 1 aliphatic heterocycles. The number of para-hydroxylation sites is 1. The lowest BCUT2D eigenvalue weighted by Gasteiger charge is -2.35. The molecule has 1 saturated heterocycles. The summed E-state index contributed by atoms with van der Waals surface area (Å²) in [7, 11) is 0. The number of carbonyl (C=O) groups excluding carboxylic acids is 4. The molecule has 4 amide bonds. The third-order valence-electron chi connectivity index (χ3n) is 13.0. The highest BCUT2D eigenvalue weighted by Gasteiger charge is 2.53. The Morgan fingerprint density at radius 3 is 2.57 bits per heavy atom. The largest absolute Gasteiger partial charge is 0.493 e. The minimum absolute atomic E-state index is 0.153. The van der Waals surface area contributed by atoms with E-state index in [1.165, 1.54) is 22.6 Å². The molecule has 2 unspecified atom stereocenters. The second-order valence-electron chi connectivity index (χ2n) is 19.5. The van der Waals surface area contributed by atoms with Crippen LogP contribution in [-0.4, -0.2) is 93.9 Å². The molecule has 1 saturated carbocycles. The Bertz CT molecular complexity index is 2560. The van der Waals surface area contributed by atoms with Crippen LogP contribution in [0.25, 0.3) is 27.4 Å². The smallest absolute Gasteiger partial charge is 0.258 e. The predicted octanol–water partition coefficient (Wildman–Crippen LogP) is 8.58. The van der Waals surface area contributed by atoms with Crippen molar-refractivity contribution in [1.82, 2.24) is 41.3 Å². The van der Waals surface area contributed by atoms with Crippen LogP contribution in [-0.2, 0) is 38.7 Å². The summed E-state index contributed by atoms with van der Waals surface area (Å²) in [5.41, 5.74) is 12.2. The van der Waals surface area contributed by atoms with Crippen LogP contribution in [0, 0.1) is 12.3 Å². The summed E-state index contributed by atoms with van der Waals surface area (Å²) in [6, 6.07) is 21.1. The molecule has 0 bridgehead atoms. The molecule has 69 heavy (non-hydrogen) atoms. The van der Waals surface area contributed by atoms with E-state index in [1.807, 2.05) is 76.5 Å². The zero-order valence-electron chi connectivity index (χ0n) is 40.8. The Kier molecular flexibility index (Phi) is 17.4. The number of amides is 4. The third-order valence-corrected chi connectivity index (χ3v) is 14.0. The Balaban J connectivity index is 0.957. The highest BCUT2D eigenvalue weighted by atomic mass is 32.1. The summed E-state index contributed by atoms with van der Waals surface area (Å²) >= 11 is 1.57. The number of alkyl halides is 1. The van der Waals surface area contributed by atoms with Gasteiger partial charge in [-0.3, -0.25) is 29.5 Å². The van der Waals surface area contributed by atoms with Gasteiger partial charge in [0.25, 0.3) is 11.8 Å². The first-order valence-electron chi connectivity index (χ1n) is 24.5. The number of carbonyl (C=O) groups is 4. The lowest BCUT2D eigenvalue weighted by Crippen LogP contribution is -2.58. The zero-order valence-corrected chi connectivity index (χ0v) is 41.6. The Morgan fingerprint density at radius 1 is 1.03 bits per heavy atom. The van der Waals surface area contributed by atoms with Crippen molar-refractivity contribution in [2.75, 3.05) is 32.8 Å². The molecule has 2 atom stereocenters. The number of fused-ring (bicyclic) bond motifs is 1. The topological polar surface area (TPSA) is 161 Å². The summed E-state index contributed by atoms with van der Waals surface area (Å²) in [5, 5.41) is 7.02. The first-order chi connectivity index (χ1) is 33.2. The SMILES string of the molecule is CCCNNC(=O)/C=C/c1ccc(CN(CCCCCOc2cc(-c3scnc3C)ccc2CNC(=O)C2CCCN2C(=O)C(NC(=O)C2(F)CC2)C(C)(C)C)CCc2c[nH]c3ccccc23)cc1. The van der Waals surface area contributed by atoms with Crippen molar-refractivity contribution >= 4 is 51.9 Å². The number of unbranched alkanes of at least 4 members (excludes halogenated alkanes) is 2. The van der Waals surface area contributed by atoms with E-state index < -0.39 is 29.1 Å². The first kappa shape index (κ1) is 51.0. The molecular weight excluding hydrogens is 892 g/mol. The van der Waals surface area contributed by atoms with E-state index in [0.717, 1.165) is 84.5 Å². The van der Waals surface area contributed by atoms with E-state index in [9.17, 15) is 23.6 Å². The number of aryl methyl sites for hydroxylation is 1. The van der Waals surface area contributed by atoms with Crippen LogP contribution in [0.1, 0.15) is 107 Å². The van der Waals surface area contributed by atoms with Gasteiger partial charge in [-0.05, 0) is 117 Å². The molecule has 2 aliphatic rings. The average molecular weight is 961 g/mol. The number of ether oxygens (including phenoxy) is 1. The van der Waals surface area contributed by atoms with Crippen LogP contribution in [0.4, 0.5) is 4.39 Å². The molecule has 13 nitrogen and oxygen atoms in total. The van der Waals surface area contributed by atoms with E-state index in [1.54, 1.807) is 16.2 Å². The minimum atomic E-state index is -1.91. The Hall–Kier alpha value is -5.90. The van der Waals surface area contributed by atoms with Crippen molar-refractivity contribution in [2.45, 2.75) is 123 Å². The van der Waals surface area contributed by atoms with Crippen molar-refractivity contribution < 1.29 is 28.3 Å². The first-order valence-corrected chi connectivity index (χ1v) is 25.4. The number of likely N-dealkylation sites (tertiary alicyclic amines) is 1. The highest BCUT2D eigenvalue weighted by molar-refractivity contribution is 7.13. The number of hydrazine groups is 1. The maximum absolute atomic E-state index is 14.7. The molecule has 5 N–H and O–H groups in total. The Labute approximate surface area is 410 Å². The summed E-state index contributed by atoms with van der Waals surface area (Å²) in [6.45, 7) is 13.9. The van der Waals surface area contributed by atoms with Crippen LogP contribution in [0.15, 0.2) is 84.5 Å². The molecule has 1 aliphatic carbocycles. The van der Waals surface area contributed by atoms with Crippen molar-refractivity contribution in [3.8, 4) is 16.2 Å². The number of thiazole rings is 1. The monoisotopic (exact) mass is 961 g/mol. The maximum Gasteiger partial charge on any atom is 0.258 e. The Morgan fingerprint density at radius 2 is 1.83 bits per heavy atom. The second-order valence-corrected chi connectivity index (χ2v) is 20.4. The maximum atomic E-state index is 14.7. The van der Waals surface area contributed by atoms with Gasteiger partial charge < -0.3 is 25.3 Å². The van der Waals surface area contributed by atoms with Crippen molar-refractivity contribution in [3.05, 3.63) is 112 Å². The number of nitrogens with zero attached hydrogens (tertiary/aromatic N) is 3. The molecule has 3 aromatic carbocycles. The van der Waals surface area contributed by atoms with Gasteiger partial charge in [0.1, 0.15) is 17.8 Å². The number of nitrogens with one attached hydrogen (secondary N) is 5. The van der Waals surface area contributed by atoms with Gasteiger partial charge in [0.2, 0.25) is 11.8 Å². The molecule has 2 aromatic heterocycles. The number of H-pyrrole nitrogens is 1. The van der Waals surface area contributed by atoms with Gasteiger partial charge in [-0.2, -0.15) is 0 Å². The normalized spacial score (nSPS) is 16.0. The van der Waals surface area contributed by atoms with Crippen LogP contribution < -0.4 is 26.2 Å². The molecule has 2 fully saturated rings. The van der Waals surface area contributed by atoms with Gasteiger partial charge in [0.05, 0.1) is 22.7 Å². The van der Waals surface area contributed by atoms with Gasteiger partial charge in [0.15, 0.2) is 5.67 Å². The second kappa shape index (κ2) is 23.6. The van der Waals surface area contributed by atoms with Gasteiger partial charge in [0, 0.05) is 61.5 Å². The van der Waals surface area contributed by atoms with Crippen LogP contribution in [0.3, 0.4) is 0 Å². The summed E-state index contributed by atoms with van der Waals surface area (Å²) in [6.07, 6.45) is 11.5. The van der Waals surface area contributed by atoms with Crippen molar-refractivity contribution in [1.29, 1.82) is 0 Å². The molecule has 3 heterocycles. The molecule has 0 radical (unpaired) electrons. The van der Waals surface area contributed by atoms with E-state index in [4.69, 9.17) is 4.74 Å². The van der Waals surface area contributed by atoms with E-state index in [2.05, 4.69) is 78.9 Å². The van der Waals surface area contributed by atoms with Crippen molar-refractivity contribution in [2.24, 2.45) is 5.41 Å². The fourth-order valence-corrected chi connectivity index (χ4v) is 9.54. The minimum Gasteiger partial charge on any atom is -0.493 e. The fraction of sp³-hybridized carbons (Fsp3) is 0.463.